The number of aryl methyl sites for hydroxylation is 1. The number of hydrogen-bond donors (Lipinski definition) is 2. The average Bonchev–Trinajstić information content (AvgIpc) is 2.49. The molecule has 0 heterocycles. The molecule has 4 N–H and O–H groups in total. The van der Waals surface area contributed by atoms with Gasteiger partial charge in [-0.1, -0.05) is 48.7 Å². The highest BCUT2D eigenvalue weighted by atomic mass is 79.9. The van der Waals surface area contributed by atoms with Gasteiger partial charge in [0.1, 0.15) is 9.98 Å². The van der Waals surface area contributed by atoms with Gasteiger partial charge >= 0.3 is 0 Å². The lowest BCUT2D eigenvalue weighted by atomic mass is 9.88. The molecule has 0 fully saturated rings. The van der Waals surface area contributed by atoms with Crippen LogP contribution in [-0.4, -0.2) is 9.98 Å². The van der Waals surface area contributed by atoms with Crippen molar-refractivity contribution in [3.63, 3.8) is 0 Å². The number of fused-ring (bicyclic) bond motifs is 2. The summed E-state index contributed by atoms with van der Waals surface area (Å²) in [6.45, 7) is 4.08. The van der Waals surface area contributed by atoms with E-state index in [0.29, 0.717) is 9.98 Å². The maximum Gasteiger partial charge on any atom is 0.105 e. The molecule has 116 valence electrons. The minimum Gasteiger partial charge on any atom is -0.389 e. The summed E-state index contributed by atoms with van der Waals surface area (Å²) in [6.07, 6.45) is 0. The monoisotopic (exact) mass is 402 g/mol. The summed E-state index contributed by atoms with van der Waals surface area (Å²) >= 11 is 14.3. The highest BCUT2D eigenvalue weighted by molar-refractivity contribution is 9.10. The third-order valence-corrected chi connectivity index (χ3v) is 5.54. The van der Waals surface area contributed by atoms with Gasteiger partial charge in [-0.25, -0.2) is 0 Å². The zero-order valence-corrected chi connectivity index (χ0v) is 16.0. The van der Waals surface area contributed by atoms with Crippen LogP contribution in [0.15, 0.2) is 34.8 Å². The molecule has 0 saturated carbocycles. The van der Waals surface area contributed by atoms with Gasteiger partial charge in [0.2, 0.25) is 0 Å². The van der Waals surface area contributed by atoms with Crippen molar-refractivity contribution in [3.8, 4) is 0 Å². The normalized spacial score (nSPS) is 11.1. The molecule has 0 amide bonds. The molecule has 5 heteroatoms. The molecular weight excluding hydrogens is 388 g/mol. The lowest BCUT2D eigenvalue weighted by Gasteiger charge is -2.19. The van der Waals surface area contributed by atoms with Gasteiger partial charge in [0.15, 0.2) is 0 Å². The zero-order valence-electron chi connectivity index (χ0n) is 12.7. The molecule has 0 unspecified atom stereocenters. The van der Waals surface area contributed by atoms with Crippen LogP contribution in [0, 0.1) is 13.8 Å². The summed E-state index contributed by atoms with van der Waals surface area (Å²) in [5, 5.41) is 4.35. The van der Waals surface area contributed by atoms with Crippen LogP contribution >= 0.6 is 40.4 Å². The lowest BCUT2D eigenvalue weighted by molar-refractivity contribution is 1.35. The van der Waals surface area contributed by atoms with Crippen LogP contribution in [0.3, 0.4) is 0 Å². The minimum absolute atomic E-state index is 0.308. The van der Waals surface area contributed by atoms with Crippen molar-refractivity contribution in [1.82, 2.24) is 0 Å². The second-order valence-electron chi connectivity index (χ2n) is 5.56. The van der Waals surface area contributed by atoms with Gasteiger partial charge in [0.05, 0.1) is 0 Å². The molecule has 3 rings (SSSR count). The Bertz CT molecular complexity index is 1010. The van der Waals surface area contributed by atoms with Gasteiger partial charge in [0.25, 0.3) is 0 Å². The molecule has 0 radical (unpaired) electrons. The molecule has 3 aromatic carbocycles. The van der Waals surface area contributed by atoms with Crippen LogP contribution in [-0.2, 0) is 0 Å². The molecule has 23 heavy (non-hydrogen) atoms. The van der Waals surface area contributed by atoms with Crippen molar-refractivity contribution in [1.29, 1.82) is 0 Å². The Morgan fingerprint density at radius 2 is 1.52 bits per heavy atom. The fourth-order valence-electron chi connectivity index (χ4n) is 3.13. The van der Waals surface area contributed by atoms with E-state index >= 15 is 0 Å². The highest BCUT2D eigenvalue weighted by Gasteiger charge is 2.20. The minimum atomic E-state index is 0.308. The highest BCUT2D eigenvalue weighted by Crippen LogP contribution is 2.39. The van der Waals surface area contributed by atoms with Crippen molar-refractivity contribution in [3.05, 3.63) is 57.1 Å². The van der Waals surface area contributed by atoms with Crippen LogP contribution in [0.1, 0.15) is 22.3 Å². The lowest BCUT2D eigenvalue weighted by Crippen LogP contribution is -2.21. The fraction of sp³-hybridized carbons (Fsp3) is 0.111. The van der Waals surface area contributed by atoms with E-state index in [1.165, 1.54) is 0 Å². The molecule has 3 aromatic rings. The zero-order chi connectivity index (χ0) is 16.9. The Hall–Kier alpha value is -1.56. The maximum absolute atomic E-state index is 6.03. The van der Waals surface area contributed by atoms with Crippen LogP contribution in [0.2, 0.25) is 0 Å². The summed E-state index contributed by atoms with van der Waals surface area (Å²) < 4.78 is 1.04. The van der Waals surface area contributed by atoms with Gasteiger partial charge in [-0.3, -0.25) is 0 Å². The Morgan fingerprint density at radius 3 is 2.13 bits per heavy atom. The van der Waals surface area contributed by atoms with Crippen molar-refractivity contribution < 1.29 is 0 Å². The first-order valence-electron chi connectivity index (χ1n) is 7.08. The van der Waals surface area contributed by atoms with Gasteiger partial charge in [-0.05, 0) is 63.1 Å². The third kappa shape index (κ3) is 2.43. The second-order valence-corrected chi connectivity index (χ2v) is 7.24. The Morgan fingerprint density at radius 1 is 0.913 bits per heavy atom. The number of hydrogen-bond acceptors (Lipinski definition) is 2. The number of thiocarbonyl (C=S) groups is 2. The Labute approximate surface area is 154 Å². The van der Waals surface area contributed by atoms with Crippen LogP contribution in [0.5, 0.6) is 0 Å². The van der Waals surface area contributed by atoms with E-state index in [-0.39, 0.29) is 0 Å². The summed E-state index contributed by atoms with van der Waals surface area (Å²) in [5.74, 6) is 0. The molecule has 0 aromatic heterocycles. The maximum atomic E-state index is 6.03. The number of rotatable bonds is 2. The predicted molar refractivity (Wildman–Crippen MR) is 110 cm³/mol. The number of benzene rings is 3. The quantitative estimate of drug-likeness (QED) is 0.484. The summed E-state index contributed by atoms with van der Waals surface area (Å²) in [4.78, 5) is 0.627. The Kier molecular flexibility index (Phi) is 4.12. The first-order valence-corrected chi connectivity index (χ1v) is 8.69. The summed E-state index contributed by atoms with van der Waals surface area (Å²) in [6, 6.07) is 10.3. The van der Waals surface area contributed by atoms with Crippen LogP contribution < -0.4 is 11.5 Å². The Balaban J connectivity index is 2.69. The molecule has 0 saturated heterocycles. The molecular formula is C18H15BrN2S2. The molecule has 0 aliphatic heterocycles. The van der Waals surface area contributed by atoms with Gasteiger partial charge < -0.3 is 11.5 Å². The van der Waals surface area contributed by atoms with E-state index in [1.54, 1.807) is 0 Å². The molecule has 0 aliphatic rings. The van der Waals surface area contributed by atoms with E-state index < -0.39 is 0 Å². The van der Waals surface area contributed by atoms with Gasteiger partial charge in [-0.15, -0.1) is 0 Å². The van der Waals surface area contributed by atoms with Crippen LogP contribution in [0.4, 0.5) is 0 Å². The first-order chi connectivity index (χ1) is 10.8. The predicted octanol–water partition coefficient (Wildman–Crippen LogP) is 4.64. The second kappa shape index (κ2) is 5.82. The standard InChI is InChI=1S/C18H15BrN2S2/c1-8-9(2)14(17(20)22)15(18(21)23)12-7-10-5-3-4-6-11(10)16(19)13(8)12/h3-7H,1-2H3,(H2,20,22)(H2,21,23). The van der Waals surface area contributed by atoms with E-state index in [4.69, 9.17) is 35.9 Å². The van der Waals surface area contributed by atoms with Crippen molar-refractivity contribution >= 4 is 71.9 Å². The topological polar surface area (TPSA) is 52.0 Å². The molecule has 0 atom stereocenters. The van der Waals surface area contributed by atoms with Crippen molar-refractivity contribution in [2.45, 2.75) is 13.8 Å². The average molecular weight is 403 g/mol. The van der Waals surface area contributed by atoms with Gasteiger partial charge in [0, 0.05) is 21.0 Å². The fourth-order valence-corrected chi connectivity index (χ4v) is 4.47. The SMILES string of the molecule is Cc1c(C(N)=S)c(C(N)=S)c2cc3ccccc3c(Br)c2c1C. The van der Waals surface area contributed by atoms with E-state index in [1.807, 2.05) is 19.1 Å². The smallest absolute Gasteiger partial charge is 0.105 e. The first kappa shape index (κ1) is 16.3. The molecule has 2 nitrogen and oxygen atoms in total. The van der Waals surface area contributed by atoms with Gasteiger partial charge in [-0.2, -0.15) is 0 Å². The third-order valence-electron chi connectivity index (χ3n) is 4.31. The number of halogens is 1. The number of nitrogens with two attached hydrogens (primary N) is 2. The van der Waals surface area contributed by atoms with E-state index in [9.17, 15) is 0 Å². The van der Waals surface area contributed by atoms with E-state index in [0.717, 1.165) is 48.3 Å². The summed E-state index contributed by atoms with van der Waals surface area (Å²) in [5.41, 5.74) is 15.7. The molecule has 0 spiro atoms. The van der Waals surface area contributed by atoms with E-state index in [2.05, 4.69) is 41.1 Å². The largest absolute Gasteiger partial charge is 0.389 e. The van der Waals surface area contributed by atoms with Crippen LogP contribution in [0.25, 0.3) is 21.5 Å². The summed E-state index contributed by atoms with van der Waals surface area (Å²) in [7, 11) is 0. The molecule has 0 bridgehead atoms. The van der Waals surface area contributed by atoms with Crippen molar-refractivity contribution in [2.24, 2.45) is 11.5 Å². The molecule has 0 aliphatic carbocycles. The van der Waals surface area contributed by atoms with Crippen molar-refractivity contribution in [2.75, 3.05) is 0 Å².